The number of ether oxygens (including phenoxy) is 1. The molecule has 2 heterocycles. The van der Waals surface area contributed by atoms with E-state index in [0.29, 0.717) is 11.3 Å². The lowest BCUT2D eigenvalue weighted by Crippen LogP contribution is -2.41. The fourth-order valence-corrected chi connectivity index (χ4v) is 5.30. The number of esters is 1. The van der Waals surface area contributed by atoms with E-state index in [1.165, 1.54) is 28.6 Å². The molecule has 3 rings (SSSR count). The Labute approximate surface area is 175 Å². The summed E-state index contributed by atoms with van der Waals surface area (Å²) in [4.78, 5) is 24.1. The minimum absolute atomic E-state index is 0.0302. The highest BCUT2D eigenvalue weighted by Gasteiger charge is 2.34. The molecule has 1 saturated heterocycles. The number of methoxy groups -OCH3 is 1. The van der Waals surface area contributed by atoms with E-state index in [-0.39, 0.29) is 41.5 Å². The summed E-state index contributed by atoms with van der Waals surface area (Å²) in [6.45, 7) is 0.128. The molecule has 0 bridgehead atoms. The summed E-state index contributed by atoms with van der Waals surface area (Å²) in [5.41, 5.74) is -0.0639. The fraction of sp³-hybridized carbons (Fsp3) is 0.412. The van der Waals surface area contributed by atoms with Crippen molar-refractivity contribution in [2.24, 2.45) is 5.92 Å². The van der Waals surface area contributed by atoms with Crippen LogP contribution in [0.4, 0.5) is 13.9 Å². The maximum Gasteiger partial charge on any atom is 0.339 e. The van der Waals surface area contributed by atoms with Crippen LogP contribution in [-0.2, 0) is 19.6 Å². The van der Waals surface area contributed by atoms with Gasteiger partial charge in [-0.3, -0.25) is 4.79 Å². The maximum atomic E-state index is 13.0. The van der Waals surface area contributed by atoms with Gasteiger partial charge in [0.05, 0.1) is 17.6 Å². The lowest BCUT2D eigenvalue weighted by atomic mass is 9.97. The average Bonchev–Trinajstić information content (AvgIpc) is 3.22. The molecular weight excluding hydrogens is 442 g/mol. The van der Waals surface area contributed by atoms with Gasteiger partial charge in [0, 0.05) is 19.0 Å². The SMILES string of the molecule is COC(=O)c1ccccc1S(=O)(=O)N1CCC(C(=O)Nc2nnc(C(F)F)s2)CC1. The van der Waals surface area contributed by atoms with Gasteiger partial charge in [0.25, 0.3) is 6.43 Å². The molecule has 1 N–H and O–H groups in total. The summed E-state index contributed by atoms with van der Waals surface area (Å²) in [7, 11) is -2.80. The minimum atomic E-state index is -3.96. The summed E-state index contributed by atoms with van der Waals surface area (Å²) in [5.74, 6) is -1.70. The molecule has 9 nitrogen and oxygen atoms in total. The van der Waals surface area contributed by atoms with Crippen LogP contribution in [0.2, 0.25) is 0 Å². The Balaban J connectivity index is 1.66. The normalized spacial score (nSPS) is 15.9. The molecule has 1 aliphatic heterocycles. The van der Waals surface area contributed by atoms with Crippen LogP contribution in [0.25, 0.3) is 0 Å². The number of carbonyl (C=O) groups is 2. The quantitative estimate of drug-likeness (QED) is 0.657. The van der Waals surface area contributed by atoms with Gasteiger partial charge in [-0.2, -0.15) is 4.31 Å². The standard InChI is InChI=1S/C17H18F2N4O5S2/c1-28-16(25)11-4-2-3-5-12(11)30(26,27)23-8-6-10(7-9-23)14(24)20-17-22-21-15(29-17)13(18)19/h2-5,10,13H,6-9H2,1H3,(H,20,22,24). The number of rotatable bonds is 6. The number of nitrogens with zero attached hydrogens (tertiary/aromatic N) is 3. The minimum Gasteiger partial charge on any atom is -0.465 e. The van der Waals surface area contributed by atoms with Gasteiger partial charge in [0.2, 0.25) is 21.1 Å². The molecule has 13 heteroatoms. The monoisotopic (exact) mass is 460 g/mol. The molecule has 0 unspecified atom stereocenters. The first-order chi connectivity index (χ1) is 14.2. The number of piperidine rings is 1. The number of amides is 1. The summed E-state index contributed by atoms with van der Waals surface area (Å²) in [6.07, 6.45) is -2.31. The Morgan fingerprint density at radius 1 is 1.23 bits per heavy atom. The van der Waals surface area contributed by atoms with Crippen molar-refractivity contribution < 1.29 is 31.5 Å². The number of alkyl halides is 2. The molecule has 1 aromatic heterocycles. The van der Waals surface area contributed by atoms with E-state index in [9.17, 15) is 26.8 Å². The van der Waals surface area contributed by atoms with E-state index in [4.69, 9.17) is 0 Å². The highest BCUT2D eigenvalue weighted by molar-refractivity contribution is 7.89. The van der Waals surface area contributed by atoms with Crippen LogP contribution >= 0.6 is 11.3 Å². The van der Waals surface area contributed by atoms with Crippen molar-refractivity contribution in [2.45, 2.75) is 24.2 Å². The van der Waals surface area contributed by atoms with Crippen LogP contribution in [0.3, 0.4) is 0 Å². The zero-order chi connectivity index (χ0) is 21.9. The Bertz CT molecular complexity index is 1040. The van der Waals surface area contributed by atoms with Crippen LogP contribution in [0.1, 0.15) is 34.6 Å². The zero-order valence-corrected chi connectivity index (χ0v) is 17.4. The van der Waals surface area contributed by atoms with Gasteiger partial charge >= 0.3 is 5.97 Å². The Morgan fingerprint density at radius 3 is 2.50 bits per heavy atom. The van der Waals surface area contributed by atoms with E-state index in [2.05, 4.69) is 20.3 Å². The lowest BCUT2D eigenvalue weighted by molar-refractivity contribution is -0.120. The molecule has 0 saturated carbocycles. The maximum absolute atomic E-state index is 13.0. The molecule has 1 aliphatic rings. The first kappa shape index (κ1) is 22.2. The van der Waals surface area contributed by atoms with Crippen molar-refractivity contribution in [1.82, 2.24) is 14.5 Å². The Morgan fingerprint density at radius 2 is 1.90 bits per heavy atom. The van der Waals surface area contributed by atoms with Gasteiger partial charge in [-0.1, -0.05) is 23.5 Å². The van der Waals surface area contributed by atoms with Crippen molar-refractivity contribution in [3.63, 3.8) is 0 Å². The van der Waals surface area contributed by atoms with Crippen LogP contribution in [0.5, 0.6) is 0 Å². The lowest BCUT2D eigenvalue weighted by Gasteiger charge is -2.30. The van der Waals surface area contributed by atoms with Crippen molar-refractivity contribution in [2.75, 3.05) is 25.5 Å². The van der Waals surface area contributed by atoms with E-state index < -0.39 is 39.3 Å². The summed E-state index contributed by atoms with van der Waals surface area (Å²) in [5, 5.41) is 8.73. The van der Waals surface area contributed by atoms with Crippen molar-refractivity contribution >= 4 is 38.4 Å². The van der Waals surface area contributed by atoms with Gasteiger partial charge in [0.1, 0.15) is 0 Å². The molecule has 162 valence electrons. The van der Waals surface area contributed by atoms with Crippen LogP contribution < -0.4 is 5.32 Å². The topological polar surface area (TPSA) is 119 Å². The molecule has 1 fully saturated rings. The number of aromatic nitrogens is 2. The molecular formula is C17H18F2N4O5S2. The number of carbonyl (C=O) groups excluding carboxylic acids is 2. The number of sulfonamides is 1. The number of hydrogen-bond donors (Lipinski definition) is 1. The molecule has 0 spiro atoms. The second-order valence-corrected chi connectivity index (χ2v) is 9.32. The first-order valence-corrected chi connectivity index (χ1v) is 11.1. The predicted octanol–water partition coefficient (Wildman–Crippen LogP) is 2.30. The summed E-state index contributed by atoms with van der Waals surface area (Å²) in [6, 6.07) is 5.75. The van der Waals surface area contributed by atoms with E-state index in [1.54, 1.807) is 0 Å². The van der Waals surface area contributed by atoms with E-state index in [0.717, 1.165) is 7.11 Å². The van der Waals surface area contributed by atoms with Crippen molar-refractivity contribution in [1.29, 1.82) is 0 Å². The fourth-order valence-electron chi connectivity index (χ4n) is 3.05. The smallest absolute Gasteiger partial charge is 0.339 e. The number of anilines is 1. The van der Waals surface area contributed by atoms with Crippen LogP contribution in [0.15, 0.2) is 29.2 Å². The third kappa shape index (κ3) is 4.63. The first-order valence-electron chi connectivity index (χ1n) is 8.84. The van der Waals surface area contributed by atoms with Gasteiger partial charge in [-0.15, -0.1) is 10.2 Å². The number of hydrogen-bond acceptors (Lipinski definition) is 8. The second kappa shape index (κ2) is 9.10. The van der Waals surface area contributed by atoms with Crippen molar-refractivity contribution in [3.8, 4) is 0 Å². The Hall–Kier alpha value is -2.51. The zero-order valence-electron chi connectivity index (χ0n) is 15.7. The molecule has 0 radical (unpaired) electrons. The molecule has 1 aromatic carbocycles. The van der Waals surface area contributed by atoms with Crippen LogP contribution in [-0.4, -0.2) is 55.0 Å². The van der Waals surface area contributed by atoms with E-state index in [1.807, 2.05) is 0 Å². The third-order valence-electron chi connectivity index (χ3n) is 4.59. The largest absolute Gasteiger partial charge is 0.465 e. The summed E-state index contributed by atoms with van der Waals surface area (Å²) >= 11 is 0.588. The van der Waals surface area contributed by atoms with Crippen LogP contribution in [0, 0.1) is 5.92 Å². The van der Waals surface area contributed by atoms with Gasteiger partial charge in [0.15, 0.2) is 5.01 Å². The number of benzene rings is 1. The molecule has 0 aliphatic carbocycles. The third-order valence-corrected chi connectivity index (χ3v) is 7.40. The Kier molecular flexibility index (Phi) is 6.73. The van der Waals surface area contributed by atoms with Gasteiger partial charge < -0.3 is 10.1 Å². The number of halogens is 2. The molecule has 0 atom stereocenters. The second-order valence-electron chi connectivity index (χ2n) is 6.40. The predicted molar refractivity (Wildman–Crippen MR) is 103 cm³/mol. The summed E-state index contributed by atoms with van der Waals surface area (Å²) < 4.78 is 57.0. The number of nitrogens with one attached hydrogen (secondary N) is 1. The molecule has 2 aromatic rings. The highest BCUT2D eigenvalue weighted by Crippen LogP contribution is 2.29. The molecule has 30 heavy (non-hydrogen) atoms. The van der Waals surface area contributed by atoms with Gasteiger partial charge in [-0.05, 0) is 25.0 Å². The average molecular weight is 460 g/mol. The highest BCUT2D eigenvalue weighted by atomic mass is 32.2. The van der Waals surface area contributed by atoms with E-state index >= 15 is 0 Å². The molecule has 1 amide bonds. The van der Waals surface area contributed by atoms with Gasteiger partial charge in [-0.25, -0.2) is 22.0 Å². The van der Waals surface area contributed by atoms with Crippen molar-refractivity contribution in [3.05, 3.63) is 34.8 Å².